The minimum atomic E-state index is 0.911. The van der Waals surface area contributed by atoms with Crippen LogP contribution in [0, 0.1) is 0 Å². The van der Waals surface area contributed by atoms with E-state index in [1.165, 1.54) is 66.1 Å². The molecule has 52 heavy (non-hydrogen) atoms. The summed E-state index contributed by atoms with van der Waals surface area (Å²) in [6.45, 7) is 0. The van der Waals surface area contributed by atoms with Gasteiger partial charge in [0.25, 0.3) is 0 Å². The van der Waals surface area contributed by atoms with E-state index in [1.54, 1.807) is 0 Å². The van der Waals surface area contributed by atoms with Crippen LogP contribution < -0.4 is 4.90 Å². The Morgan fingerprint density at radius 2 is 0.827 bits per heavy atom. The Labute approximate surface area is 301 Å². The highest BCUT2D eigenvalue weighted by molar-refractivity contribution is 6.14. The first-order chi connectivity index (χ1) is 25.7. The molecule has 10 aromatic rings. The fraction of sp³-hybridized carbons (Fsp3) is 0. The van der Waals surface area contributed by atoms with Crippen molar-refractivity contribution < 1.29 is 4.42 Å². The molecule has 0 N–H and O–H groups in total. The zero-order valence-electron chi connectivity index (χ0n) is 28.3. The molecule has 11 rings (SSSR count). The van der Waals surface area contributed by atoms with Gasteiger partial charge in [0.1, 0.15) is 11.2 Å². The number of fused-ring (bicyclic) bond motifs is 9. The van der Waals surface area contributed by atoms with Crippen LogP contribution in [0.3, 0.4) is 0 Å². The molecule has 0 unspecified atom stereocenters. The number of furan rings is 1. The Morgan fingerprint density at radius 1 is 0.308 bits per heavy atom. The van der Waals surface area contributed by atoms with Gasteiger partial charge in [0.2, 0.25) is 0 Å². The molecule has 242 valence electrons. The molecule has 0 amide bonds. The van der Waals surface area contributed by atoms with E-state index in [4.69, 9.17) is 4.42 Å². The van der Waals surface area contributed by atoms with E-state index < -0.39 is 0 Å². The van der Waals surface area contributed by atoms with Crippen LogP contribution in [0.1, 0.15) is 0 Å². The predicted molar refractivity (Wildman–Crippen MR) is 219 cm³/mol. The van der Waals surface area contributed by atoms with E-state index >= 15 is 0 Å². The Morgan fingerprint density at radius 3 is 1.54 bits per heavy atom. The largest absolute Gasteiger partial charge is 0.456 e. The highest BCUT2D eigenvalue weighted by atomic mass is 16.3. The Kier molecular flexibility index (Phi) is 6.28. The number of benzene rings is 9. The molecule has 2 nitrogen and oxygen atoms in total. The van der Waals surface area contributed by atoms with Crippen molar-refractivity contribution in [3.05, 3.63) is 188 Å². The molecule has 9 aromatic carbocycles. The van der Waals surface area contributed by atoms with Gasteiger partial charge in [-0.2, -0.15) is 0 Å². The van der Waals surface area contributed by atoms with E-state index in [2.05, 4.69) is 181 Å². The lowest BCUT2D eigenvalue weighted by atomic mass is 9.78. The fourth-order valence-electron chi connectivity index (χ4n) is 8.14. The topological polar surface area (TPSA) is 16.4 Å². The first-order valence-corrected chi connectivity index (χ1v) is 17.8. The smallest absolute Gasteiger partial charge is 0.135 e. The van der Waals surface area contributed by atoms with Gasteiger partial charge in [-0.05, 0) is 133 Å². The molecule has 0 saturated heterocycles. The third-order valence-corrected chi connectivity index (χ3v) is 10.8. The first-order valence-electron chi connectivity index (χ1n) is 17.8. The lowest BCUT2D eigenvalue weighted by molar-refractivity contribution is 0.669. The molecule has 0 atom stereocenters. The van der Waals surface area contributed by atoms with E-state index in [9.17, 15) is 0 Å². The quantitative estimate of drug-likeness (QED) is 0.182. The number of hydrogen-bond acceptors (Lipinski definition) is 2. The van der Waals surface area contributed by atoms with Gasteiger partial charge in [-0.25, -0.2) is 0 Å². The summed E-state index contributed by atoms with van der Waals surface area (Å²) < 4.78 is 6.12. The molecule has 1 aliphatic rings. The van der Waals surface area contributed by atoms with Crippen LogP contribution in [0.2, 0.25) is 0 Å². The zero-order chi connectivity index (χ0) is 34.2. The summed E-state index contributed by atoms with van der Waals surface area (Å²) in [4.78, 5) is 2.40. The van der Waals surface area contributed by atoms with Gasteiger partial charge in [0.15, 0.2) is 0 Å². The molecule has 1 heterocycles. The third kappa shape index (κ3) is 4.51. The molecule has 0 saturated carbocycles. The van der Waals surface area contributed by atoms with Crippen molar-refractivity contribution in [2.75, 3.05) is 4.90 Å². The van der Waals surface area contributed by atoms with Crippen LogP contribution in [0.4, 0.5) is 17.1 Å². The molecule has 0 aliphatic heterocycles. The second-order valence-corrected chi connectivity index (χ2v) is 13.7. The number of rotatable bonds is 5. The summed E-state index contributed by atoms with van der Waals surface area (Å²) in [5, 5.41) is 7.31. The van der Waals surface area contributed by atoms with Crippen molar-refractivity contribution >= 4 is 60.5 Å². The molecule has 0 fully saturated rings. The second kappa shape index (κ2) is 11.3. The van der Waals surface area contributed by atoms with Crippen LogP contribution in [0.5, 0.6) is 0 Å². The summed E-state index contributed by atoms with van der Waals surface area (Å²) in [6, 6.07) is 68.1. The Hall–Kier alpha value is -6.90. The lowest BCUT2D eigenvalue weighted by Crippen LogP contribution is -2.11. The van der Waals surface area contributed by atoms with E-state index in [-0.39, 0.29) is 0 Å². The highest BCUT2D eigenvalue weighted by Gasteiger charge is 2.25. The zero-order valence-corrected chi connectivity index (χ0v) is 28.3. The molecule has 1 aliphatic carbocycles. The van der Waals surface area contributed by atoms with Crippen molar-refractivity contribution in [3.8, 4) is 44.5 Å². The first kappa shape index (κ1) is 28.9. The minimum Gasteiger partial charge on any atom is -0.456 e. The number of hydrogen-bond donors (Lipinski definition) is 0. The monoisotopic (exact) mass is 661 g/mol. The molecule has 2 heteroatoms. The van der Waals surface area contributed by atoms with Gasteiger partial charge >= 0.3 is 0 Å². The normalized spacial score (nSPS) is 11.8. The average molecular weight is 662 g/mol. The average Bonchev–Trinajstić information content (AvgIpc) is 3.59. The summed E-state index contributed by atoms with van der Waals surface area (Å²) >= 11 is 0. The van der Waals surface area contributed by atoms with E-state index in [0.29, 0.717) is 0 Å². The van der Waals surface area contributed by atoms with Crippen molar-refractivity contribution in [2.24, 2.45) is 0 Å². The van der Waals surface area contributed by atoms with Crippen LogP contribution in [-0.2, 0) is 0 Å². The minimum absolute atomic E-state index is 0.911. The molecular weight excluding hydrogens is 631 g/mol. The van der Waals surface area contributed by atoms with Gasteiger partial charge in [-0.3, -0.25) is 0 Å². The van der Waals surface area contributed by atoms with Crippen LogP contribution >= 0.6 is 0 Å². The van der Waals surface area contributed by atoms with Gasteiger partial charge in [-0.15, -0.1) is 0 Å². The van der Waals surface area contributed by atoms with E-state index in [1.807, 2.05) is 12.1 Å². The lowest BCUT2D eigenvalue weighted by Gasteiger charge is -2.30. The summed E-state index contributed by atoms with van der Waals surface area (Å²) in [5.41, 5.74) is 15.3. The second-order valence-electron chi connectivity index (χ2n) is 13.7. The fourth-order valence-corrected chi connectivity index (χ4v) is 8.14. The van der Waals surface area contributed by atoms with Gasteiger partial charge < -0.3 is 9.32 Å². The van der Waals surface area contributed by atoms with Gasteiger partial charge in [-0.1, -0.05) is 115 Å². The summed E-state index contributed by atoms with van der Waals surface area (Å²) in [6.07, 6.45) is 0. The maximum absolute atomic E-state index is 6.12. The van der Waals surface area contributed by atoms with Crippen LogP contribution in [0.15, 0.2) is 192 Å². The summed E-state index contributed by atoms with van der Waals surface area (Å²) in [7, 11) is 0. The maximum atomic E-state index is 6.12. The molecular formula is C50H31NO. The standard InChI is InChI=1S/C50H31NO/c1-2-9-32(10-3-1)33-17-22-39(23-18-33)51(40-24-19-34(20-25-40)37-21-26-50-47(29-37)41-14-6-7-16-49(41)52-50)48-15-8-13-38-30-45-43-27-35-11-4-5-12-36(35)28-44(43)46(45)31-42(38)48/h1-31H. The maximum Gasteiger partial charge on any atom is 0.135 e. The summed E-state index contributed by atoms with van der Waals surface area (Å²) in [5.74, 6) is 0. The van der Waals surface area contributed by atoms with Crippen molar-refractivity contribution in [2.45, 2.75) is 0 Å². The Bertz CT molecular complexity index is 2990. The van der Waals surface area contributed by atoms with E-state index in [0.717, 1.165) is 39.0 Å². The molecule has 0 spiro atoms. The molecule has 1 aromatic heterocycles. The van der Waals surface area contributed by atoms with Crippen molar-refractivity contribution in [1.29, 1.82) is 0 Å². The third-order valence-electron chi connectivity index (χ3n) is 10.8. The van der Waals surface area contributed by atoms with Gasteiger partial charge in [0, 0.05) is 27.5 Å². The Balaban J connectivity index is 1.04. The number of anilines is 3. The van der Waals surface area contributed by atoms with Crippen LogP contribution in [-0.4, -0.2) is 0 Å². The predicted octanol–water partition coefficient (Wildman–Crippen LogP) is 14.3. The SMILES string of the molecule is c1ccc(-c2ccc(N(c3ccc(-c4ccc5oc6ccccc6c5c4)cc3)c3cccc4cc5c(cc34)-c3cc4ccccc4cc3-5)cc2)cc1. The number of para-hydroxylation sites is 1. The molecule has 0 bridgehead atoms. The van der Waals surface area contributed by atoms with Crippen molar-refractivity contribution in [1.82, 2.24) is 0 Å². The number of nitrogens with zero attached hydrogens (tertiary/aromatic N) is 1. The molecule has 0 radical (unpaired) electrons. The van der Waals surface area contributed by atoms with Gasteiger partial charge in [0.05, 0.1) is 5.69 Å². The van der Waals surface area contributed by atoms with Crippen molar-refractivity contribution in [3.63, 3.8) is 0 Å². The highest BCUT2D eigenvalue weighted by Crippen LogP contribution is 2.52. The van der Waals surface area contributed by atoms with Crippen LogP contribution in [0.25, 0.3) is 88.0 Å².